The first-order valence-electron chi connectivity index (χ1n) is 14.1. The number of nitrogen functional groups attached to an aromatic ring is 1. The summed E-state index contributed by atoms with van der Waals surface area (Å²) in [5.41, 5.74) is 8.09. The molecule has 2 amide bonds. The summed E-state index contributed by atoms with van der Waals surface area (Å²) in [7, 11) is 0. The Morgan fingerprint density at radius 3 is 2.30 bits per heavy atom. The number of aromatic nitrogens is 3. The SMILES string of the molecule is Nc1ncc(CN2CCC(C(=O)N3CCC(/C(=N/OCC(=O)N4CCOCC4)c4ccccn4)CC3)CC2)cn1. The number of carbonyl (C=O) groups excluding carboxylic acids is 2. The fourth-order valence-electron chi connectivity index (χ4n) is 5.58. The standard InChI is InChI=1S/C28H38N8O4/c29-28-31-17-21(18-32-28)19-34-9-4-23(5-10-34)27(38)36-11-6-22(7-12-36)26(24-3-1-2-8-30-24)33-40-20-25(37)35-13-15-39-16-14-35/h1-3,8,17-18,22-23H,4-7,9-16,19-20H2,(H2,29,31,32)/b33-26-. The second kappa shape index (κ2) is 13.6. The minimum absolute atomic E-state index is 0.0499. The van der Waals surface area contributed by atoms with Crippen molar-refractivity contribution in [3.63, 3.8) is 0 Å². The number of nitrogens with zero attached hydrogens (tertiary/aromatic N) is 7. The predicted molar refractivity (Wildman–Crippen MR) is 148 cm³/mol. The Morgan fingerprint density at radius 1 is 0.925 bits per heavy atom. The van der Waals surface area contributed by atoms with Gasteiger partial charge in [0.2, 0.25) is 11.9 Å². The van der Waals surface area contributed by atoms with Crippen molar-refractivity contribution in [2.45, 2.75) is 32.2 Å². The first-order chi connectivity index (χ1) is 19.6. The van der Waals surface area contributed by atoms with Crippen LogP contribution in [0.2, 0.25) is 0 Å². The van der Waals surface area contributed by atoms with Crippen LogP contribution in [0.15, 0.2) is 41.9 Å². The highest BCUT2D eigenvalue weighted by Crippen LogP contribution is 2.26. The van der Waals surface area contributed by atoms with Crippen LogP contribution < -0.4 is 5.73 Å². The molecule has 12 nitrogen and oxygen atoms in total. The van der Waals surface area contributed by atoms with Crippen LogP contribution in [-0.2, 0) is 25.7 Å². The van der Waals surface area contributed by atoms with E-state index in [1.807, 2.05) is 23.1 Å². The molecule has 0 aliphatic carbocycles. The third kappa shape index (κ3) is 7.30. The van der Waals surface area contributed by atoms with E-state index in [4.69, 9.17) is 15.3 Å². The molecule has 0 aromatic carbocycles. The third-order valence-electron chi connectivity index (χ3n) is 7.90. The number of pyridine rings is 1. The zero-order valence-electron chi connectivity index (χ0n) is 22.9. The molecule has 2 aromatic rings. The first kappa shape index (κ1) is 27.9. The molecule has 40 heavy (non-hydrogen) atoms. The van der Waals surface area contributed by atoms with Crippen molar-refractivity contribution in [2.75, 3.05) is 64.8 Å². The minimum Gasteiger partial charge on any atom is -0.385 e. The van der Waals surface area contributed by atoms with E-state index in [1.165, 1.54) is 0 Å². The number of likely N-dealkylation sites (tertiary alicyclic amines) is 2. The fourth-order valence-corrected chi connectivity index (χ4v) is 5.58. The zero-order valence-corrected chi connectivity index (χ0v) is 22.9. The van der Waals surface area contributed by atoms with Crippen molar-refractivity contribution >= 4 is 23.5 Å². The largest absolute Gasteiger partial charge is 0.385 e. The molecule has 12 heteroatoms. The Hall–Kier alpha value is -3.64. The number of piperidine rings is 2. The minimum atomic E-state index is -0.113. The molecule has 0 bridgehead atoms. The average Bonchev–Trinajstić information content (AvgIpc) is 3.01. The van der Waals surface area contributed by atoms with Gasteiger partial charge in [0.15, 0.2) is 6.61 Å². The lowest BCUT2D eigenvalue weighted by molar-refractivity contribution is -0.140. The summed E-state index contributed by atoms with van der Waals surface area (Å²) >= 11 is 0. The first-order valence-corrected chi connectivity index (χ1v) is 14.1. The van der Waals surface area contributed by atoms with Crippen molar-refractivity contribution < 1.29 is 19.2 Å². The maximum Gasteiger partial charge on any atom is 0.263 e. The van der Waals surface area contributed by atoms with E-state index in [0.29, 0.717) is 39.4 Å². The lowest BCUT2D eigenvalue weighted by Gasteiger charge is -2.37. The third-order valence-corrected chi connectivity index (χ3v) is 7.90. The fraction of sp³-hybridized carbons (Fsp3) is 0.571. The molecule has 0 saturated carbocycles. The summed E-state index contributed by atoms with van der Waals surface area (Å²) in [5, 5.41) is 4.41. The van der Waals surface area contributed by atoms with Gasteiger partial charge in [-0.1, -0.05) is 11.2 Å². The van der Waals surface area contributed by atoms with Crippen molar-refractivity contribution in [2.24, 2.45) is 17.0 Å². The maximum absolute atomic E-state index is 13.4. The van der Waals surface area contributed by atoms with Gasteiger partial charge in [-0.3, -0.25) is 19.5 Å². The number of nitrogens with two attached hydrogens (primary N) is 1. The molecule has 0 spiro atoms. The molecule has 3 saturated heterocycles. The van der Waals surface area contributed by atoms with Crippen LogP contribution in [0.1, 0.15) is 36.9 Å². The van der Waals surface area contributed by atoms with Gasteiger partial charge in [-0.05, 0) is 50.9 Å². The van der Waals surface area contributed by atoms with E-state index in [1.54, 1.807) is 23.5 Å². The van der Waals surface area contributed by atoms with E-state index >= 15 is 0 Å². The molecule has 0 unspecified atom stereocenters. The van der Waals surface area contributed by atoms with Crippen LogP contribution >= 0.6 is 0 Å². The highest BCUT2D eigenvalue weighted by molar-refractivity contribution is 6.00. The lowest BCUT2D eigenvalue weighted by Crippen LogP contribution is -2.46. The van der Waals surface area contributed by atoms with Crippen LogP contribution in [-0.4, -0.2) is 106 Å². The van der Waals surface area contributed by atoms with Crippen LogP contribution in [0.4, 0.5) is 5.95 Å². The number of morpholine rings is 1. The normalized spacial score (nSPS) is 19.9. The average molecular weight is 551 g/mol. The van der Waals surface area contributed by atoms with Crippen LogP contribution in [0, 0.1) is 11.8 Å². The Bertz CT molecular complexity index is 1140. The van der Waals surface area contributed by atoms with Gasteiger partial charge in [0.25, 0.3) is 5.91 Å². The molecule has 5 heterocycles. The van der Waals surface area contributed by atoms with E-state index in [9.17, 15) is 9.59 Å². The Balaban J connectivity index is 1.12. The van der Waals surface area contributed by atoms with Crippen LogP contribution in [0.25, 0.3) is 0 Å². The van der Waals surface area contributed by atoms with Gasteiger partial charge >= 0.3 is 0 Å². The second-order valence-electron chi connectivity index (χ2n) is 10.6. The second-order valence-corrected chi connectivity index (χ2v) is 10.6. The molecule has 3 aliphatic rings. The van der Waals surface area contributed by atoms with Crippen molar-refractivity contribution in [1.29, 1.82) is 0 Å². The van der Waals surface area contributed by atoms with Gasteiger partial charge in [-0.25, -0.2) is 9.97 Å². The number of ether oxygens (including phenoxy) is 1. The van der Waals surface area contributed by atoms with Crippen molar-refractivity contribution in [1.82, 2.24) is 29.7 Å². The highest BCUT2D eigenvalue weighted by Gasteiger charge is 2.33. The number of hydrogen-bond acceptors (Lipinski definition) is 10. The number of carbonyl (C=O) groups is 2. The molecular formula is C28H38N8O4. The molecule has 214 valence electrons. The van der Waals surface area contributed by atoms with Gasteiger partial charge in [-0.15, -0.1) is 0 Å². The number of anilines is 1. The van der Waals surface area contributed by atoms with E-state index in [-0.39, 0.29) is 36.2 Å². The Labute approximate surface area is 234 Å². The molecule has 0 radical (unpaired) electrons. The topological polar surface area (TPSA) is 139 Å². The van der Waals surface area contributed by atoms with E-state index in [2.05, 4.69) is 25.0 Å². The highest BCUT2D eigenvalue weighted by atomic mass is 16.6. The monoisotopic (exact) mass is 550 g/mol. The molecule has 2 N–H and O–H groups in total. The van der Waals surface area contributed by atoms with Gasteiger partial charge in [0.05, 0.1) is 18.9 Å². The van der Waals surface area contributed by atoms with Crippen molar-refractivity contribution in [3.8, 4) is 0 Å². The Morgan fingerprint density at radius 2 is 1.62 bits per heavy atom. The quantitative estimate of drug-likeness (QED) is 0.379. The lowest BCUT2D eigenvalue weighted by atomic mass is 9.88. The summed E-state index contributed by atoms with van der Waals surface area (Å²) in [4.78, 5) is 50.1. The summed E-state index contributed by atoms with van der Waals surface area (Å²) < 4.78 is 5.32. The summed E-state index contributed by atoms with van der Waals surface area (Å²) in [5.74, 6) is 0.579. The summed E-state index contributed by atoms with van der Waals surface area (Å²) in [6.45, 7) is 5.97. The van der Waals surface area contributed by atoms with Crippen molar-refractivity contribution in [3.05, 3.63) is 48.0 Å². The van der Waals surface area contributed by atoms with E-state index < -0.39 is 0 Å². The van der Waals surface area contributed by atoms with Crippen LogP contribution in [0.5, 0.6) is 0 Å². The van der Waals surface area contributed by atoms with Gasteiger partial charge in [0.1, 0.15) is 5.71 Å². The van der Waals surface area contributed by atoms with Gasteiger partial charge in [-0.2, -0.15) is 0 Å². The molecule has 2 aromatic heterocycles. The summed E-state index contributed by atoms with van der Waals surface area (Å²) in [6, 6.07) is 5.69. The Kier molecular flexibility index (Phi) is 9.50. The van der Waals surface area contributed by atoms with Gasteiger partial charge in [0, 0.05) is 68.7 Å². The number of oxime groups is 1. The number of hydrogen-bond donors (Lipinski definition) is 1. The molecular weight excluding hydrogens is 512 g/mol. The van der Waals surface area contributed by atoms with E-state index in [0.717, 1.165) is 62.3 Å². The maximum atomic E-state index is 13.4. The molecule has 3 aliphatic heterocycles. The molecule has 5 rings (SSSR count). The molecule has 3 fully saturated rings. The van der Waals surface area contributed by atoms with Gasteiger partial charge < -0.3 is 25.1 Å². The zero-order chi connectivity index (χ0) is 27.7. The molecule has 0 atom stereocenters. The predicted octanol–water partition coefficient (Wildman–Crippen LogP) is 1.18. The number of amides is 2. The number of rotatable bonds is 8. The van der Waals surface area contributed by atoms with Crippen LogP contribution in [0.3, 0.4) is 0 Å². The summed E-state index contributed by atoms with van der Waals surface area (Å²) in [6.07, 6.45) is 8.50. The smallest absolute Gasteiger partial charge is 0.263 e.